The number of likely N-dealkylation sites (tertiary alicyclic amines) is 2. The third-order valence-corrected chi connectivity index (χ3v) is 5.92. The third-order valence-electron chi connectivity index (χ3n) is 5.00. The molecule has 0 unspecified atom stereocenters. The number of fused-ring (bicyclic) bond motifs is 1. The van der Waals surface area contributed by atoms with Crippen LogP contribution in [-0.2, 0) is 11.3 Å². The van der Waals surface area contributed by atoms with Gasteiger partial charge in [0, 0.05) is 50.1 Å². The largest absolute Gasteiger partial charge is 0.381 e. The van der Waals surface area contributed by atoms with Gasteiger partial charge in [-0.25, -0.2) is 4.98 Å². The van der Waals surface area contributed by atoms with E-state index in [9.17, 15) is 0 Å². The molecular weight excluding hydrogens is 270 g/mol. The Hall–Kier alpha value is -0.490. The number of ether oxygens (including phenoxy) is 1. The van der Waals surface area contributed by atoms with Crippen LogP contribution in [0.2, 0.25) is 0 Å². The number of piperidine rings is 1. The molecule has 2 fully saturated rings. The van der Waals surface area contributed by atoms with Crippen LogP contribution in [0.5, 0.6) is 0 Å². The summed E-state index contributed by atoms with van der Waals surface area (Å²) in [5, 5.41) is 0. The Morgan fingerprint density at radius 1 is 1.45 bits per heavy atom. The van der Waals surface area contributed by atoms with Crippen molar-refractivity contribution < 1.29 is 4.74 Å². The van der Waals surface area contributed by atoms with Crippen molar-refractivity contribution in [1.82, 2.24) is 14.8 Å². The molecule has 3 rings (SSSR count). The van der Waals surface area contributed by atoms with E-state index in [1.165, 1.54) is 23.7 Å². The Kier molecular flexibility index (Phi) is 4.40. The standard InChI is InChI=1S/C15H25N3OS/c1-4-17-7-12-13(8-17)18(6-5-14(12)19-3)9-15-11(2)16-10-20-15/h10,12-14H,4-9H2,1-3H3/t12-,13+,14-/m1/s1. The molecule has 5 heteroatoms. The smallest absolute Gasteiger partial charge is 0.0798 e. The molecule has 1 aromatic heterocycles. The molecule has 0 aliphatic carbocycles. The molecule has 3 atom stereocenters. The van der Waals surface area contributed by atoms with Crippen LogP contribution in [0.15, 0.2) is 5.51 Å². The Balaban J connectivity index is 1.74. The number of aryl methyl sites for hydroxylation is 1. The van der Waals surface area contributed by atoms with E-state index in [0.717, 1.165) is 26.1 Å². The first-order valence-corrected chi connectivity index (χ1v) is 8.49. The number of hydrogen-bond acceptors (Lipinski definition) is 5. The van der Waals surface area contributed by atoms with Crippen molar-refractivity contribution in [1.29, 1.82) is 0 Å². The van der Waals surface area contributed by atoms with Crippen LogP contribution in [0.3, 0.4) is 0 Å². The fraction of sp³-hybridized carbons (Fsp3) is 0.800. The van der Waals surface area contributed by atoms with E-state index in [2.05, 4.69) is 28.6 Å². The van der Waals surface area contributed by atoms with Gasteiger partial charge in [0.25, 0.3) is 0 Å². The molecule has 0 aromatic carbocycles. The zero-order valence-electron chi connectivity index (χ0n) is 12.7. The Morgan fingerprint density at radius 2 is 2.30 bits per heavy atom. The second kappa shape index (κ2) is 6.10. The van der Waals surface area contributed by atoms with Crippen molar-refractivity contribution in [2.75, 3.05) is 33.3 Å². The number of rotatable bonds is 4. The van der Waals surface area contributed by atoms with Gasteiger partial charge in [-0.05, 0) is 19.9 Å². The van der Waals surface area contributed by atoms with E-state index >= 15 is 0 Å². The molecule has 20 heavy (non-hydrogen) atoms. The Bertz CT molecular complexity index is 450. The first-order valence-electron chi connectivity index (χ1n) is 7.61. The van der Waals surface area contributed by atoms with Gasteiger partial charge < -0.3 is 9.64 Å². The van der Waals surface area contributed by atoms with Gasteiger partial charge in [-0.3, -0.25) is 4.90 Å². The predicted octanol–water partition coefficient (Wildman–Crippen LogP) is 1.99. The fourth-order valence-corrected chi connectivity index (χ4v) is 4.53. The second-order valence-corrected chi connectivity index (χ2v) is 6.92. The first kappa shape index (κ1) is 14.4. The molecule has 2 saturated heterocycles. The second-order valence-electron chi connectivity index (χ2n) is 5.98. The number of nitrogens with zero attached hydrogens (tertiary/aromatic N) is 3. The first-order chi connectivity index (χ1) is 9.72. The Morgan fingerprint density at radius 3 is 2.95 bits per heavy atom. The summed E-state index contributed by atoms with van der Waals surface area (Å²) in [5.74, 6) is 0.668. The molecule has 2 aliphatic heterocycles. The molecule has 0 radical (unpaired) electrons. The van der Waals surface area contributed by atoms with Crippen molar-refractivity contribution in [3.63, 3.8) is 0 Å². The van der Waals surface area contributed by atoms with Crippen molar-refractivity contribution in [3.8, 4) is 0 Å². The lowest BCUT2D eigenvalue weighted by Gasteiger charge is -2.41. The van der Waals surface area contributed by atoms with Gasteiger partial charge in [-0.2, -0.15) is 0 Å². The molecule has 0 N–H and O–H groups in total. The van der Waals surface area contributed by atoms with Crippen LogP contribution < -0.4 is 0 Å². The summed E-state index contributed by atoms with van der Waals surface area (Å²) < 4.78 is 5.74. The van der Waals surface area contributed by atoms with Crippen LogP contribution in [0, 0.1) is 12.8 Å². The highest BCUT2D eigenvalue weighted by Gasteiger charge is 2.43. The van der Waals surface area contributed by atoms with Crippen LogP contribution in [0.4, 0.5) is 0 Å². The molecule has 0 spiro atoms. The summed E-state index contributed by atoms with van der Waals surface area (Å²) >= 11 is 1.79. The highest BCUT2D eigenvalue weighted by Crippen LogP contribution is 2.33. The van der Waals surface area contributed by atoms with Crippen molar-refractivity contribution in [3.05, 3.63) is 16.1 Å². The number of likely N-dealkylation sites (N-methyl/N-ethyl adjacent to an activating group) is 1. The van der Waals surface area contributed by atoms with Gasteiger partial charge >= 0.3 is 0 Å². The number of hydrogen-bond donors (Lipinski definition) is 0. The van der Waals surface area contributed by atoms with Crippen molar-refractivity contribution in [2.24, 2.45) is 5.92 Å². The van der Waals surface area contributed by atoms with Gasteiger partial charge in [-0.15, -0.1) is 11.3 Å². The van der Waals surface area contributed by atoms with E-state index < -0.39 is 0 Å². The van der Waals surface area contributed by atoms with Crippen LogP contribution in [0.25, 0.3) is 0 Å². The quantitative estimate of drug-likeness (QED) is 0.849. The summed E-state index contributed by atoms with van der Waals surface area (Å²) in [4.78, 5) is 11.0. The number of thiazole rings is 1. The molecule has 0 amide bonds. The average molecular weight is 295 g/mol. The maximum absolute atomic E-state index is 5.74. The molecule has 1 aromatic rings. The molecule has 3 heterocycles. The minimum absolute atomic E-state index is 0.440. The van der Waals surface area contributed by atoms with E-state index in [0.29, 0.717) is 18.1 Å². The van der Waals surface area contributed by atoms with E-state index in [1.807, 2.05) is 12.6 Å². The number of aromatic nitrogens is 1. The molecule has 4 nitrogen and oxygen atoms in total. The summed E-state index contributed by atoms with van der Waals surface area (Å²) in [6.45, 7) is 10.1. The molecule has 0 saturated carbocycles. The van der Waals surface area contributed by atoms with Crippen LogP contribution >= 0.6 is 11.3 Å². The van der Waals surface area contributed by atoms with Gasteiger partial charge in [-0.1, -0.05) is 6.92 Å². The fourth-order valence-electron chi connectivity index (χ4n) is 3.73. The lowest BCUT2D eigenvalue weighted by atomic mass is 9.89. The normalized spacial score (nSPS) is 31.6. The third kappa shape index (κ3) is 2.64. The lowest BCUT2D eigenvalue weighted by Crippen LogP contribution is -2.50. The molecule has 0 bridgehead atoms. The van der Waals surface area contributed by atoms with Gasteiger partial charge in [0.1, 0.15) is 0 Å². The summed E-state index contributed by atoms with van der Waals surface area (Å²) in [6, 6.07) is 0.648. The van der Waals surface area contributed by atoms with E-state index in [1.54, 1.807) is 11.3 Å². The minimum Gasteiger partial charge on any atom is -0.381 e. The molecule has 112 valence electrons. The lowest BCUT2D eigenvalue weighted by molar-refractivity contribution is -0.0242. The average Bonchev–Trinajstić information content (AvgIpc) is 3.06. The zero-order chi connectivity index (χ0) is 14.1. The number of methoxy groups -OCH3 is 1. The maximum Gasteiger partial charge on any atom is 0.0798 e. The van der Waals surface area contributed by atoms with Crippen LogP contribution in [0.1, 0.15) is 23.9 Å². The summed E-state index contributed by atoms with van der Waals surface area (Å²) in [6.07, 6.45) is 1.60. The summed E-state index contributed by atoms with van der Waals surface area (Å²) in [5.41, 5.74) is 3.17. The zero-order valence-corrected chi connectivity index (χ0v) is 13.5. The SMILES string of the molecule is CCN1C[C@H]2[C@H](OC)CCN(Cc3scnc3C)[C@H]2C1. The minimum atomic E-state index is 0.440. The van der Waals surface area contributed by atoms with Gasteiger partial charge in [0.05, 0.1) is 17.3 Å². The van der Waals surface area contributed by atoms with Gasteiger partial charge in [0.2, 0.25) is 0 Å². The van der Waals surface area contributed by atoms with E-state index in [4.69, 9.17) is 4.74 Å². The monoisotopic (exact) mass is 295 g/mol. The highest BCUT2D eigenvalue weighted by molar-refractivity contribution is 7.09. The van der Waals surface area contributed by atoms with Crippen molar-refractivity contribution in [2.45, 2.75) is 39.0 Å². The van der Waals surface area contributed by atoms with Crippen molar-refractivity contribution >= 4 is 11.3 Å². The molecular formula is C15H25N3OS. The van der Waals surface area contributed by atoms with E-state index in [-0.39, 0.29) is 0 Å². The van der Waals surface area contributed by atoms with Crippen LogP contribution in [-0.4, -0.2) is 60.2 Å². The highest BCUT2D eigenvalue weighted by atomic mass is 32.1. The maximum atomic E-state index is 5.74. The Labute approximate surface area is 125 Å². The molecule has 2 aliphatic rings. The van der Waals surface area contributed by atoms with Gasteiger partial charge in [0.15, 0.2) is 0 Å². The topological polar surface area (TPSA) is 28.6 Å². The summed E-state index contributed by atoms with van der Waals surface area (Å²) in [7, 11) is 1.87. The predicted molar refractivity (Wildman–Crippen MR) is 82.1 cm³/mol.